The fourth-order valence-electron chi connectivity index (χ4n) is 7.72. The summed E-state index contributed by atoms with van der Waals surface area (Å²) in [4.78, 5) is 48.7. The maximum absolute atomic E-state index is 14.3. The lowest BCUT2D eigenvalue weighted by atomic mass is 9.93. The molecule has 1 aliphatic heterocycles. The van der Waals surface area contributed by atoms with Gasteiger partial charge in [0.05, 0.1) is 35.4 Å². The third kappa shape index (κ3) is 7.26. The Kier molecular flexibility index (Phi) is 9.57. The van der Waals surface area contributed by atoms with Crippen LogP contribution < -0.4 is 19.5 Å². The molecule has 1 aromatic carbocycles. The molecule has 3 amide bonds. The maximum Gasteiger partial charge on any atom is 0.259 e. The number of nitrogens with one attached hydrogen (secondary N) is 2. The van der Waals surface area contributed by atoms with Crippen molar-refractivity contribution in [2.75, 3.05) is 20.7 Å². The summed E-state index contributed by atoms with van der Waals surface area (Å²) >= 11 is 0. The van der Waals surface area contributed by atoms with Crippen LogP contribution in [0.5, 0.6) is 11.5 Å². The maximum atomic E-state index is 14.3. The molecule has 4 aliphatic rings. The first-order chi connectivity index (χ1) is 25.1. The second-order valence-electron chi connectivity index (χ2n) is 16.2. The van der Waals surface area contributed by atoms with E-state index in [0.717, 1.165) is 35.9 Å². The molecule has 284 valence electrons. The van der Waals surface area contributed by atoms with Gasteiger partial charge in [0.15, 0.2) is 5.82 Å². The van der Waals surface area contributed by atoms with Gasteiger partial charge in [-0.1, -0.05) is 32.9 Å². The summed E-state index contributed by atoms with van der Waals surface area (Å²) in [6, 6.07) is 7.56. The first kappa shape index (κ1) is 36.9. The van der Waals surface area contributed by atoms with Crippen molar-refractivity contribution in [3.63, 3.8) is 0 Å². The Labute approximate surface area is 310 Å². The molecule has 53 heavy (non-hydrogen) atoms. The fraction of sp³-hybridized carbons (Fsp3) is 0.564. The number of sulfonamides is 1. The number of hydrogen-bond donors (Lipinski definition) is 2. The number of benzene rings is 1. The van der Waals surface area contributed by atoms with E-state index in [2.05, 4.69) is 30.8 Å². The highest BCUT2D eigenvalue weighted by molar-refractivity contribution is 7.91. The van der Waals surface area contributed by atoms with Crippen LogP contribution >= 0.6 is 0 Å². The van der Waals surface area contributed by atoms with Gasteiger partial charge in [-0.15, -0.1) is 0 Å². The number of allylic oxidation sites excluding steroid dienone is 1. The number of ether oxygens (including phenoxy) is 2. The van der Waals surface area contributed by atoms with Crippen LogP contribution in [-0.2, 0) is 29.8 Å². The molecule has 2 N–H and O–H groups in total. The van der Waals surface area contributed by atoms with E-state index in [1.54, 1.807) is 23.7 Å². The summed E-state index contributed by atoms with van der Waals surface area (Å²) in [6.45, 7) is 8.77. The SMILES string of the molecule is COc1ccc2c(OC3CC4C(=O)NC5(C(=O)NS(=O)(=O)C6CC6)CC5C=CCCCCN(C)C(=O)C4C3)cc(-n3ccc(C(C)(C)C)n3)nc2c1C. The van der Waals surface area contributed by atoms with Gasteiger partial charge in [0.25, 0.3) is 5.91 Å². The summed E-state index contributed by atoms with van der Waals surface area (Å²) < 4.78 is 42.0. The van der Waals surface area contributed by atoms with Crippen molar-refractivity contribution in [3.8, 4) is 17.3 Å². The molecule has 3 aromatic rings. The van der Waals surface area contributed by atoms with E-state index in [0.29, 0.717) is 42.2 Å². The van der Waals surface area contributed by atoms with Gasteiger partial charge in [0.2, 0.25) is 21.8 Å². The molecular formula is C39H50N6O7S. The number of carbonyl (C=O) groups is 3. The zero-order valence-corrected chi connectivity index (χ0v) is 32.2. The van der Waals surface area contributed by atoms with Gasteiger partial charge in [-0.2, -0.15) is 5.10 Å². The van der Waals surface area contributed by atoms with Crippen molar-refractivity contribution >= 4 is 38.6 Å². The lowest BCUT2D eigenvalue weighted by Crippen LogP contribution is -2.54. The van der Waals surface area contributed by atoms with Crippen molar-refractivity contribution < 1.29 is 32.3 Å². The number of aryl methyl sites for hydroxylation is 1. The van der Waals surface area contributed by atoms with Gasteiger partial charge in [0, 0.05) is 48.1 Å². The molecule has 13 nitrogen and oxygen atoms in total. The largest absolute Gasteiger partial charge is 0.496 e. The Morgan fingerprint density at radius 3 is 2.53 bits per heavy atom. The van der Waals surface area contributed by atoms with E-state index in [-0.39, 0.29) is 36.5 Å². The van der Waals surface area contributed by atoms with E-state index in [1.165, 1.54) is 0 Å². The zero-order valence-electron chi connectivity index (χ0n) is 31.3. The minimum Gasteiger partial charge on any atom is -0.496 e. The minimum atomic E-state index is -3.83. The van der Waals surface area contributed by atoms with Gasteiger partial charge in [-0.05, 0) is 76.5 Å². The molecule has 3 heterocycles. The normalized spacial score (nSPS) is 26.7. The van der Waals surface area contributed by atoms with Crippen LogP contribution in [-0.4, -0.2) is 83.4 Å². The number of pyridine rings is 1. The van der Waals surface area contributed by atoms with Crippen LogP contribution in [0.15, 0.2) is 42.6 Å². The summed E-state index contributed by atoms with van der Waals surface area (Å²) in [5, 5.41) is 7.94. The number of aromatic nitrogens is 3. The number of nitrogens with zero attached hydrogens (tertiary/aromatic N) is 4. The molecule has 0 radical (unpaired) electrons. The molecule has 5 atom stereocenters. The quantitative estimate of drug-likeness (QED) is 0.332. The summed E-state index contributed by atoms with van der Waals surface area (Å²) in [7, 11) is -0.460. The van der Waals surface area contributed by atoms with Crippen LogP contribution in [0, 0.1) is 24.7 Å². The first-order valence-electron chi connectivity index (χ1n) is 18.6. The molecule has 3 aliphatic carbocycles. The van der Waals surface area contributed by atoms with Gasteiger partial charge in [0.1, 0.15) is 23.1 Å². The standard InChI is InChI=1S/C39H50N6O7S/c1-23-30(51-6)15-14-27-31(21-33(40-34(23)27)45-18-16-32(42-45)38(2,3)4)52-25-19-28-29(20-25)36(47)44(5)17-10-8-7-9-11-24-22-39(24,41-35(28)46)37(48)43-53(49,50)26-12-13-26/h9,11,14-16,18,21,24-26,28-29H,7-8,10,12-13,17,19-20,22H2,1-6H3,(H,41,46)(H,43,48). The van der Waals surface area contributed by atoms with Crippen LogP contribution in [0.1, 0.15) is 83.4 Å². The number of methoxy groups -OCH3 is 1. The smallest absolute Gasteiger partial charge is 0.259 e. The Morgan fingerprint density at radius 1 is 1.08 bits per heavy atom. The van der Waals surface area contributed by atoms with Crippen LogP contribution in [0.3, 0.4) is 0 Å². The lowest BCUT2D eigenvalue weighted by Gasteiger charge is -2.26. The third-order valence-electron chi connectivity index (χ3n) is 11.2. The van der Waals surface area contributed by atoms with Crippen molar-refractivity contribution in [1.82, 2.24) is 29.7 Å². The van der Waals surface area contributed by atoms with Crippen molar-refractivity contribution in [3.05, 3.63) is 53.9 Å². The monoisotopic (exact) mass is 746 g/mol. The molecule has 7 rings (SSSR count). The highest BCUT2D eigenvalue weighted by atomic mass is 32.2. The Hall–Kier alpha value is -4.46. The van der Waals surface area contributed by atoms with Crippen LogP contribution in [0.25, 0.3) is 16.7 Å². The van der Waals surface area contributed by atoms with Crippen LogP contribution in [0.2, 0.25) is 0 Å². The molecule has 0 spiro atoms. The zero-order chi connectivity index (χ0) is 37.9. The molecule has 0 bridgehead atoms. The number of rotatable bonds is 7. The van der Waals surface area contributed by atoms with Gasteiger partial charge < -0.3 is 19.7 Å². The predicted octanol–water partition coefficient (Wildman–Crippen LogP) is 4.49. The molecule has 0 saturated heterocycles. The summed E-state index contributed by atoms with van der Waals surface area (Å²) in [5.74, 6) is -1.43. The lowest BCUT2D eigenvalue weighted by molar-refractivity contribution is -0.140. The van der Waals surface area contributed by atoms with E-state index in [4.69, 9.17) is 19.6 Å². The van der Waals surface area contributed by atoms with Gasteiger partial charge in [-0.3, -0.25) is 19.1 Å². The highest BCUT2D eigenvalue weighted by Crippen LogP contribution is 2.47. The minimum absolute atomic E-state index is 0.155. The summed E-state index contributed by atoms with van der Waals surface area (Å²) in [5.41, 5.74) is 0.835. The van der Waals surface area contributed by atoms with E-state index in [1.807, 2.05) is 49.5 Å². The second kappa shape index (κ2) is 13.7. The third-order valence-corrected chi connectivity index (χ3v) is 13.1. The number of carbonyl (C=O) groups excluding carboxylic acids is 3. The Balaban J connectivity index is 1.21. The molecule has 3 fully saturated rings. The summed E-state index contributed by atoms with van der Waals surface area (Å²) in [6.07, 6.45) is 9.41. The van der Waals surface area contributed by atoms with Gasteiger partial charge >= 0.3 is 0 Å². The van der Waals surface area contributed by atoms with E-state index < -0.39 is 50.6 Å². The molecule has 3 saturated carbocycles. The number of hydrogen-bond acceptors (Lipinski definition) is 9. The Bertz CT molecular complexity index is 2080. The molecular weight excluding hydrogens is 697 g/mol. The highest BCUT2D eigenvalue weighted by Gasteiger charge is 2.62. The molecule has 5 unspecified atom stereocenters. The second-order valence-corrected chi connectivity index (χ2v) is 18.2. The first-order valence-corrected chi connectivity index (χ1v) is 20.2. The average Bonchev–Trinajstić information content (AvgIpc) is 3.98. The predicted molar refractivity (Wildman–Crippen MR) is 199 cm³/mol. The fourth-order valence-corrected chi connectivity index (χ4v) is 9.09. The number of amides is 3. The number of fused-ring (bicyclic) bond motifs is 3. The topological polar surface area (TPSA) is 162 Å². The Morgan fingerprint density at radius 2 is 1.83 bits per heavy atom. The van der Waals surface area contributed by atoms with Crippen molar-refractivity contribution in [1.29, 1.82) is 0 Å². The molecule has 2 aromatic heterocycles. The van der Waals surface area contributed by atoms with E-state index >= 15 is 0 Å². The van der Waals surface area contributed by atoms with Crippen molar-refractivity contribution in [2.24, 2.45) is 17.8 Å². The average molecular weight is 747 g/mol. The molecule has 14 heteroatoms. The van der Waals surface area contributed by atoms with Gasteiger partial charge in [-0.25, -0.2) is 18.1 Å². The van der Waals surface area contributed by atoms with E-state index in [9.17, 15) is 22.8 Å². The van der Waals surface area contributed by atoms with Crippen molar-refractivity contribution in [2.45, 2.75) is 101 Å². The van der Waals surface area contributed by atoms with Crippen LogP contribution in [0.4, 0.5) is 0 Å².